The Hall–Kier alpha value is -3.16. The van der Waals surface area contributed by atoms with Crippen molar-refractivity contribution >= 4 is 23.3 Å². The maximum atomic E-state index is 13.1. The monoisotopic (exact) mass is 401 g/mol. The topological polar surface area (TPSA) is 82.7 Å². The summed E-state index contributed by atoms with van der Waals surface area (Å²) in [6.45, 7) is 5.36. The fourth-order valence-electron chi connectivity index (χ4n) is 3.65. The van der Waals surface area contributed by atoms with Gasteiger partial charge in [-0.15, -0.1) is 0 Å². The van der Waals surface area contributed by atoms with Gasteiger partial charge in [0.05, 0.1) is 24.8 Å². The number of nitrogens with one attached hydrogen (secondary N) is 1. The summed E-state index contributed by atoms with van der Waals surface area (Å²) >= 11 is 0. The summed E-state index contributed by atoms with van der Waals surface area (Å²) < 4.78 is 17.9. The first-order valence-electron chi connectivity index (χ1n) is 9.40. The number of amides is 1. The zero-order valence-corrected chi connectivity index (χ0v) is 16.8. The van der Waals surface area contributed by atoms with Gasteiger partial charge in [-0.05, 0) is 36.8 Å². The van der Waals surface area contributed by atoms with Gasteiger partial charge in [0.25, 0.3) is 0 Å². The Morgan fingerprint density at radius 2 is 1.72 bits per heavy atom. The number of methoxy groups -OCH3 is 1. The number of halogens is 1. The number of carbonyl (C=O) groups excluding carboxylic acids is 3. The fraction of sp³-hybridized carbons (Fsp3) is 0.381. The molecule has 1 aromatic heterocycles. The van der Waals surface area contributed by atoms with Gasteiger partial charge in [0.15, 0.2) is 5.78 Å². The summed E-state index contributed by atoms with van der Waals surface area (Å²) in [6.07, 6.45) is -0.0187. The van der Waals surface area contributed by atoms with Crippen molar-refractivity contribution in [3.8, 4) is 0 Å². The van der Waals surface area contributed by atoms with Crippen molar-refractivity contribution in [3.63, 3.8) is 0 Å². The minimum absolute atomic E-state index is 0.0187. The van der Waals surface area contributed by atoms with Gasteiger partial charge >= 0.3 is 5.97 Å². The van der Waals surface area contributed by atoms with Crippen LogP contribution in [-0.2, 0) is 16.0 Å². The number of anilines is 1. The summed E-state index contributed by atoms with van der Waals surface area (Å²) in [4.78, 5) is 43.5. The van der Waals surface area contributed by atoms with E-state index < -0.39 is 5.97 Å². The highest BCUT2D eigenvalue weighted by Crippen LogP contribution is 2.22. The van der Waals surface area contributed by atoms with E-state index in [4.69, 9.17) is 4.74 Å². The smallest absolute Gasteiger partial charge is 0.339 e. The number of piperazine rings is 1. The molecule has 0 saturated carbocycles. The number of hydrogen-bond acceptors (Lipinski definition) is 5. The van der Waals surface area contributed by atoms with Crippen LogP contribution in [0.15, 0.2) is 24.3 Å². The van der Waals surface area contributed by atoms with E-state index in [1.807, 2.05) is 0 Å². The Labute approximate surface area is 168 Å². The lowest BCUT2D eigenvalue weighted by Crippen LogP contribution is -2.49. The highest BCUT2D eigenvalue weighted by Gasteiger charge is 2.27. The number of hydrogen-bond donors (Lipinski definition) is 1. The fourth-order valence-corrected chi connectivity index (χ4v) is 3.65. The van der Waals surface area contributed by atoms with Crippen LogP contribution in [0.4, 0.5) is 10.1 Å². The quantitative estimate of drug-likeness (QED) is 0.614. The highest BCUT2D eigenvalue weighted by atomic mass is 19.1. The third-order valence-corrected chi connectivity index (χ3v) is 5.22. The SMILES string of the molecule is COC(=O)c1c(CC(=O)N2CCN(c3ccc(F)cc3)CC2)[nH]c(C(C)=O)c1C. The molecule has 1 aromatic carbocycles. The van der Waals surface area contributed by atoms with E-state index in [1.165, 1.54) is 26.2 Å². The van der Waals surface area contributed by atoms with Crippen LogP contribution in [-0.4, -0.2) is 60.8 Å². The lowest BCUT2D eigenvalue weighted by atomic mass is 10.1. The van der Waals surface area contributed by atoms with E-state index in [1.54, 1.807) is 24.0 Å². The van der Waals surface area contributed by atoms with Crippen LogP contribution in [0.5, 0.6) is 0 Å². The summed E-state index contributed by atoms with van der Waals surface area (Å²) in [7, 11) is 1.27. The minimum Gasteiger partial charge on any atom is -0.465 e. The molecule has 1 aliphatic rings. The molecular weight excluding hydrogens is 377 g/mol. The number of esters is 1. The number of carbonyl (C=O) groups is 3. The molecule has 0 aliphatic carbocycles. The molecule has 8 heteroatoms. The van der Waals surface area contributed by atoms with Crippen LogP contribution in [0.3, 0.4) is 0 Å². The molecule has 154 valence electrons. The van der Waals surface area contributed by atoms with Gasteiger partial charge in [0.1, 0.15) is 5.82 Å². The van der Waals surface area contributed by atoms with Crippen LogP contribution in [0.25, 0.3) is 0 Å². The van der Waals surface area contributed by atoms with Gasteiger partial charge in [0.2, 0.25) is 5.91 Å². The van der Waals surface area contributed by atoms with Crippen molar-refractivity contribution in [1.29, 1.82) is 0 Å². The van der Waals surface area contributed by atoms with E-state index >= 15 is 0 Å². The Balaban J connectivity index is 1.70. The maximum Gasteiger partial charge on any atom is 0.339 e. The number of ketones is 1. The molecule has 7 nitrogen and oxygen atoms in total. The standard InChI is InChI=1S/C21H24FN3O4/c1-13-19(21(28)29-3)17(23-20(13)14(2)26)12-18(27)25-10-8-24(9-11-25)16-6-4-15(22)5-7-16/h4-7,23H,8-12H2,1-3H3. The third kappa shape index (κ3) is 4.31. The van der Waals surface area contributed by atoms with Crippen LogP contribution in [0.2, 0.25) is 0 Å². The molecule has 1 N–H and O–H groups in total. The first-order chi connectivity index (χ1) is 13.8. The molecule has 0 unspecified atom stereocenters. The van der Waals surface area contributed by atoms with E-state index in [9.17, 15) is 18.8 Å². The van der Waals surface area contributed by atoms with Gasteiger partial charge < -0.3 is 19.5 Å². The molecule has 1 amide bonds. The van der Waals surface area contributed by atoms with Crippen molar-refractivity contribution in [2.45, 2.75) is 20.3 Å². The predicted molar refractivity (Wildman–Crippen MR) is 106 cm³/mol. The number of Topliss-reactive ketones (excluding diaryl/α,β-unsaturated/α-hetero) is 1. The van der Waals surface area contributed by atoms with Crippen molar-refractivity contribution in [3.05, 3.63) is 52.6 Å². The van der Waals surface area contributed by atoms with Gasteiger partial charge in [-0.25, -0.2) is 9.18 Å². The number of ether oxygens (including phenoxy) is 1. The second kappa shape index (κ2) is 8.46. The molecule has 0 bridgehead atoms. The van der Waals surface area contributed by atoms with Gasteiger partial charge in [-0.2, -0.15) is 0 Å². The Kier molecular flexibility index (Phi) is 6.00. The van der Waals surface area contributed by atoms with E-state index in [0.717, 1.165) is 5.69 Å². The highest BCUT2D eigenvalue weighted by molar-refractivity contribution is 6.01. The second-order valence-corrected chi connectivity index (χ2v) is 7.05. The number of benzene rings is 1. The van der Waals surface area contributed by atoms with Crippen molar-refractivity contribution in [1.82, 2.24) is 9.88 Å². The van der Waals surface area contributed by atoms with Crippen LogP contribution >= 0.6 is 0 Å². The lowest BCUT2D eigenvalue weighted by Gasteiger charge is -2.36. The molecule has 1 fully saturated rings. The predicted octanol–water partition coefficient (Wildman–Crippen LogP) is 2.34. The summed E-state index contributed by atoms with van der Waals surface area (Å²) in [5.74, 6) is -1.20. The van der Waals surface area contributed by atoms with Gasteiger partial charge in [-0.3, -0.25) is 9.59 Å². The Morgan fingerprint density at radius 1 is 1.10 bits per heavy atom. The Bertz CT molecular complexity index is 928. The lowest BCUT2D eigenvalue weighted by molar-refractivity contribution is -0.130. The van der Waals surface area contributed by atoms with Crippen LogP contribution in [0.1, 0.15) is 39.0 Å². The van der Waals surface area contributed by atoms with Crippen LogP contribution in [0, 0.1) is 12.7 Å². The van der Waals surface area contributed by atoms with Crippen LogP contribution < -0.4 is 4.90 Å². The average Bonchev–Trinajstić information content (AvgIpc) is 3.04. The number of aromatic amines is 1. The summed E-state index contributed by atoms with van der Waals surface area (Å²) in [5, 5.41) is 0. The normalized spacial score (nSPS) is 14.1. The summed E-state index contributed by atoms with van der Waals surface area (Å²) in [5.41, 5.74) is 2.36. The van der Waals surface area contributed by atoms with Crippen molar-refractivity contribution < 1.29 is 23.5 Å². The second-order valence-electron chi connectivity index (χ2n) is 7.05. The molecule has 0 atom stereocenters. The molecule has 2 heterocycles. The van der Waals surface area contributed by atoms with E-state index in [0.29, 0.717) is 43.1 Å². The molecule has 1 saturated heterocycles. The molecule has 1 aliphatic heterocycles. The zero-order valence-electron chi connectivity index (χ0n) is 16.8. The molecular formula is C21H24FN3O4. The summed E-state index contributed by atoms with van der Waals surface area (Å²) in [6, 6.07) is 6.28. The third-order valence-electron chi connectivity index (χ3n) is 5.22. The first-order valence-corrected chi connectivity index (χ1v) is 9.40. The largest absolute Gasteiger partial charge is 0.465 e. The number of aromatic nitrogens is 1. The number of nitrogens with zero attached hydrogens (tertiary/aromatic N) is 2. The first kappa shape index (κ1) is 20.6. The van der Waals surface area contributed by atoms with Gasteiger partial charge in [-0.1, -0.05) is 0 Å². The maximum absolute atomic E-state index is 13.1. The molecule has 0 spiro atoms. The molecule has 2 aromatic rings. The van der Waals surface area contributed by atoms with Crippen molar-refractivity contribution in [2.24, 2.45) is 0 Å². The van der Waals surface area contributed by atoms with Crippen molar-refractivity contribution in [2.75, 3.05) is 38.2 Å². The number of H-pyrrole nitrogens is 1. The van der Waals surface area contributed by atoms with E-state index in [-0.39, 0.29) is 29.5 Å². The number of rotatable bonds is 5. The Morgan fingerprint density at radius 3 is 2.28 bits per heavy atom. The zero-order chi connectivity index (χ0) is 21.1. The minimum atomic E-state index is -0.574. The van der Waals surface area contributed by atoms with Gasteiger partial charge in [0, 0.05) is 44.5 Å². The average molecular weight is 401 g/mol. The molecule has 29 heavy (non-hydrogen) atoms. The molecule has 3 rings (SSSR count). The molecule has 0 radical (unpaired) electrons. The van der Waals surface area contributed by atoms with E-state index in [2.05, 4.69) is 9.88 Å².